The molecule has 0 aromatic carbocycles. The number of nitrogens with zero attached hydrogens (tertiary/aromatic N) is 3. The van der Waals surface area contributed by atoms with Crippen molar-refractivity contribution in [1.82, 2.24) is 0 Å². The fraction of sp³-hybridized carbons (Fsp3) is 0.500. The molecule has 1 saturated heterocycles. The molecule has 2 rings (SSSR count). The summed E-state index contributed by atoms with van der Waals surface area (Å²) in [5.74, 6) is 0. The van der Waals surface area contributed by atoms with Gasteiger partial charge in [-0.3, -0.25) is 10.1 Å². The quantitative estimate of drug-likeness (QED) is 0.327. The van der Waals surface area contributed by atoms with Crippen molar-refractivity contribution in [2.75, 3.05) is 18.0 Å². The molecule has 0 bridgehead atoms. The van der Waals surface area contributed by atoms with Gasteiger partial charge < -0.3 is 10.1 Å². The minimum absolute atomic E-state index is 0.00833. The first-order valence-electron chi connectivity index (χ1n) is 5.30. The summed E-state index contributed by atoms with van der Waals surface area (Å²) in [6, 6.07) is 1.26. The average Bonchev–Trinajstić information content (AvgIpc) is 2.29. The summed E-state index contributed by atoms with van der Waals surface area (Å²) in [5.41, 5.74) is 0.441. The standard InChI is InChI=1S/C10H13N3O3/c14-12-7-4-9(13(15)16)10(8-12)11-5-2-1-3-6-11/h4,7-8H,1-3,5-6H2. The molecule has 0 atom stereocenters. The Balaban J connectivity index is 2.36. The van der Waals surface area contributed by atoms with Gasteiger partial charge in [-0.15, -0.1) is 0 Å². The van der Waals surface area contributed by atoms with E-state index < -0.39 is 4.92 Å². The highest BCUT2D eigenvalue weighted by Gasteiger charge is 2.23. The molecule has 1 aliphatic heterocycles. The van der Waals surface area contributed by atoms with E-state index in [0.29, 0.717) is 10.4 Å². The summed E-state index contributed by atoms with van der Waals surface area (Å²) in [6.07, 6.45) is 5.62. The van der Waals surface area contributed by atoms with Gasteiger partial charge in [0.05, 0.1) is 11.0 Å². The molecule has 16 heavy (non-hydrogen) atoms. The van der Waals surface area contributed by atoms with Gasteiger partial charge in [0.25, 0.3) is 0 Å². The number of rotatable bonds is 2. The van der Waals surface area contributed by atoms with Crippen LogP contribution >= 0.6 is 0 Å². The lowest BCUT2D eigenvalue weighted by Gasteiger charge is -2.27. The molecule has 1 fully saturated rings. The van der Waals surface area contributed by atoms with Crippen molar-refractivity contribution in [2.45, 2.75) is 19.3 Å². The Morgan fingerprint density at radius 3 is 2.62 bits per heavy atom. The Labute approximate surface area is 92.8 Å². The molecule has 0 aliphatic carbocycles. The van der Waals surface area contributed by atoms with Gasteiger partial charge in [0.15, 0.2) is 11.9 Å². The van der Waals surface area contributed by atoms with Crippen LogP contribution in [-0.4, -0.2) is 18.0 Å². The lowest BCUT2D eigenvalue weighted by atomic mass is 10.1. The average molecular weight is 223 g/mol. The molecule has 0 spiro atoms. The number of nitro groups is 1. The normalized spacial score (nSPS) is 16.1. The number of anilines is 1. The summed E-state index contributed by atoms with van der Waals surface area (Å²) >= 11 is 0. The molecule has 86 valence electrons. The molecule has 1 aromatic heterocycles. The number of aromatic nitrogens is 1. The van der Waals surface area contributed by atoms with Crippen LogP contribution in [-0.2, 0) is 0 Å². The third-order valence-corrected chi connectivity index (χ3v) is 2.78. The van der Waals surface area contributed by atoms with Gasteiger partial charge in [0.2, 0.25) is 6.20 Å². The van der Waals surface area contributed by atoms with Crippen LogP contribution in [0.4, 0.5) is 11.4 Å². The number of hydrogen-bond acceptors (Lipinski definition) is 4. The zero-order valence-corrected chi connectivity index (χ0v) is 8.83. The van der Waals surface area contributed by atoms with Crippen molar-refractivity contribution in [3.05, 3.63) is 33.8 Å². The van der Waals surface area contributed by atoms with Gasteiger partial charge in [-0.1, -0.05) is 0 Å². The van der Waals surface area contributed by atoms with Crippen LogP contribution in [0.1, 0.15) is 19.3 Å². The Morgan fingerprint density at radius 1 is 1.31 bits per heavy atom. The molecule has 0 radical (unpaired) electrons. The Morgan fingerprint density at radius 2 is 2.00 bits per heavy atom. The highest BCUT2D eigenvalue weighted by Crippen LogP contribution is 2.28. The SMILES string of the molecule is O=[N+]([O-])c1cc[n+]([O-])cc1N1CCCCC1. The van der Waals surface area contributed by atoms with Crippen LogP contribution in [0, 0.1) is 15.3 Å². The topological polar surface area (TPSA) is 73.3 Å². The summed E-state index contributed by atoms with van der Waals surface area (Å²) in [6.45, 7) is 1.57. The van der Waals surface area contributed by atoms with Crippen LogP contribution in [0.5, 0.6) is 0 Å². The maximum atomic E-state index is 11.2. The second-order valence-electron chi connectivity index (χ2n) is 3.88. The Kier molecular flexibility index (Phi) is 2.89. The van der Waals surface area contributed by atoms with Crippen LogP contribution in [0.25, 0.3) is 0 Å². The first-order chi connectivity index (χ1) is 7.68. The minimum Gasteiger partial charge on any atom is -0.619 e. The van der Waals surface area contributed by atoms with E-state index in [1.807, 2.05) is 4.90 Å². The largest absolute Gasteiger partial charge is 0.619 e. The van der Waals surface area contributed by atoms with Gasteiger partial charge in [0.1, 0.15) is 0 Å². The van der Waals surface area contributed by atoms with Crippen LogP contribution < -0.4 is 9.63 Å². The molecule has 0 unspecified atom stereocenters. The second kappa shape index (κ2) is 4.34. The molecule has 6 heteroatoms. The number of hydrogen-bond donors (Lipinski definition) is 0. The van der Waals surface area contributed by atoms with Gasteiger partial charge in [-0.25, -0.2) is 0 Å². The molecule has 2 heterocycles. The van der Waals surface area contributed by atoms with Gasteiger partial charge in [-0.2, -0.15) is 4.73 Å². The molecule has 0 N–H and O–H groups in total. The highest BCUT2D eigenvalue weighted by atomic mass is 16.6. The third kappa shape index (κ3) is 2.05. The van der Waals surface area contributed by atoms with E-state index in [1.165, 1.54) is 12.3 Å². The fourth-order valence-corrected chi connectivity index (χ4v) is 1.99. The molecular weight excluding hydrogens is 210 g/mol. The highest BCUT2D eigenvalue weighted by molar-refractivity contribution is 5.60. The number of pyridine rings is 1. The summed E-state index contributed by atoms with van der Waals surface area (Å²) in [5, 5.41) is 22.0. The monoisotopic (exact) mass is 223 g/mol. The second-order valence-corrected chi connectivity index (χ2v) is 3.88. The third-order valence-electron chi connectivity index (χ3n) is 2.78. The summed E-state index contributed by atoms with van der Waals surface area (Å²) in [4.78, 5) is 12.3. The molecule has 0 saturated carbocycles. The molecule has 0 amide bonds. The zero-order valence-electron chi connectivity index (χ0n) is 8.83. The van der Waals surface area contributed by atoms with E-state index in [4.69, 9.17) is 0 Å². The Bertz CT molecular complexity index is 402. The van der Waals surface area contributed by atoms with E-state index in [-0.39, 0.29) is 5.69 Å². The van der Waals surface area contributed by atoms with E-state index in [1.54, 1.807) is 0 Å². The van der Waals surface area contributed by atoms with E-state index in [2.05, 4.69) is 0 Å². The van der Waals surface area contributed by atoms with Crippen molar-refractivity contribution in [2.24, 2.45) is 0 Å². The predicted octanol–water partition coefficient (Wildman–Crippen LogP) is 1.22. The summed E-state index contributed by atoms with van der Waals surface area (Å²) < 4.78 is 0.608. The lowest BCUT2D eigenvalue weighted by Crippen LogP contribution is -2.33. The van der Waals surface area contributed by atoms with Gasteiger partial charge >= 0.3 is 5.69 Å². The fourth-order valence-electron chi connectivity index (χ4n) is 1.99. The van der Waals surface area contributed by atoms with Gasteiger partial charge in [-0.05, 0) is 19.3 Å². The lowest BCUT2D eigenvalue weighted by molar-refractivity contribution is -0.605. The summed E-state index contributed by atoms with van der Waals surface area (Å²) in [7, 11) is 0. The first-order valence-corrected chi connectivity index (χ1v) is 5.30. The minimum atomic E-state index is -0.441. The van der Waals surface area contributed by atoms with Crippen molar-refractivity contribution in [1.29, 1.82) is 0 Å². The molecular formula is C10H13N3O3. The molecule has 1 aliphatic rings. The van der Waals surface area contributed by atoms with Crippen LogP contribution in [0.2, 0.25) is 0 Å². The Hall–Kier alpha value is -1.85. The van der Waals surface area contributed by atoms with E-state index in [0.717, 1.165) is 38.5 Å². The zero-order chi connectivity index (χ0) is 11.5. The van der Waals surface area contributed by atoms with Crippen molar-refractivity contribution >= 4 is 11.4 Å². The number of piperidine rings is 1. The van der Waals surface area contributed by atoms with Crippen molar-refractivity contribution in [3.8, 4) is 0 Å². The van der Waals surface area contributed by atoms with Gasteiger partial charge in [0, 0.05) is 13.1 Å². The maximum Gasteiger partial charge on any atom is 0.304 e. The maximum absolute atomic E-state index is 11.2. The van der Waals surface area contributed by atoms with Crippen molar-refractivity contribution in [3.63, 3.8) is 0 Å². The molecule has 6 nitrogen and oxygen atoms in total. The van der Waals surface area contributed by atoms with Crippen LogP contribution in [0.15, 0.2) is 18.5 Å². The van der Waals surface area contributed by atoms with Crippen molar-refractivity contribution < 1.29 is 9.65 Å². The molecule has 1 aromatic rings. The van der Waals surface area contributed by atoms with Crippen LogP contribution in [0.3, 0.4) is 0 Å². The van der Waals surface area contributed by atoms with E-state index >= 15 is 0 Å². The predicted molar refractivity (Wildman–Crippen MR) is 58.1 cm³/mol. The first kappa shape index (κ1) is 10.7. The van der Waals surface area contributed by atoms with E-state index in [9.17, 15) is 15.3 Å². The smallest absolute Gasteiger partial charge is 0.304 e.